The summed E-state index contributed by atoms with van der Waals surface area (Å²) < 4.78 is 0.730. The van der Waals surface area contributed by atoms with Crippen LogP contribution in [0.15, 0.2) is 45.0 Å². The second-order valence-corrected chi connectivity index (χ2v) is 10.7. The van der Waals surface area contributed by atoms with Crippen LogP contribution in [0.5, 0.6) is 5.75 Å². The van der Waals surface area contributed by atoms with Gasteiger partial charge in [0.1, 0.15) is 13.8 Å². The van der Waals surface area contributed by atoms with E-state index in [2.05, 4.69) is 34.4 Å². The molecule has 1 aliphatic heterocycles. The van der Waals surface area contributed by atoms with E-state index in [1.54, 1.807) is 18.2 Å². The summed E-state index contributed by atoms with van der Waals surface area (Å²) >= 11 is 3.53. The quantitative estimate of drug-likeness (QED) is 0.646. The first-order valence-electron chi connectivity index (χ1n) is 7.02. The molecule has 0 aromatic heterocycles. The molecule has 108 valence electrons. The molecule has 0 spiro atoms. The number of rotatable bonds is 2. The number of hydrogen-bond donors (Lipinski definition) is 1. The first-order valence-corrected chi connectivity index (χ1v) is 10.5. The Bertz CT molecular complexity index is 736. The van der Waals surface area contributed by atoms with Gasteiger partial charge in [0.25, 0.3) is 0 Å². The molecular weight excluding hydrogens is 346 g/mol. The van der Waals surface area contributed by atoms with E-state index in [1.807, 2.05) is 12.1 Å². The summed E-state index contributed by atoms with van der Waals surface area (Å²) in [6.45, 7) is 4.41. The molecule has 0 saturated heterocycles. The van der Waals surface area contributed by atoms with Crippen molar-refractivity contribution in [2.24, 2.45) is 4.99 Å². The van der Waals surface area contributed by atoms with Crippen LogP contribution in [-0.2, 0) is 4.79 Å². The minimum absolute atomic E-state index is 0.0264. The fourth-order valence-electron chi connectivity index (χ4n) is 3.25. The zero-order chi connectivity index (χ0) is 15.2. The van der Waals surface area contributed by atoms with Crippen molar-refractivity contribution in [2.45, 2.75) is 25.9 Å². The lowest BCUT2D eigenvalue weighted by Gasteiger charge is -2.37. The molecule has 0 amide bonds. The van der Waals surface area contributed by atoms with E-state index in [0.717, 1.165) is 38.7 Å². The number of fused-ring (bicyclic) bond motifs is 2. The van der Waals surface area contributed by atoms with E-state index in [-0.39, 0.29) is 11.5 Å². The first-order chi connectivity index (χ1) is 9.97. The molecule has 0 fully saturated rings. The predicted octanol–water partition coefficient (Wildman–Crippen LogP) is 3.54. The molecule has 0 radical (unpaired) electrons. The molecular formula is C16H16BrNO2Si. The van der Waals surface area contributed by atoms with Crippen LogP contribution < -0.4 is 5.19 Å². The summed E-state index contributed by atoms with van der Waals surface area (Å²) in [5.41, 5.74) is 1.82. The van der Waals surface area contributed by atoms with Crippen molar-refractivity contribution < 1.29 is 9.90 Å². The number of hydrogen-bond acceptors (Lipinski definition) is 3. The van der Waals surface area contributed by atoms with Gasteiger partial charge in [-0.3, -0.25) is 4.79 Å². The predicted molar refractivity (Wildman–Crippen MR) is 91.5 cm³/mol. The fraction of sp³-hybridized carbons (Fsp3) is 0.250. The van der Waals surface area contributed by atoms with Gasteiger partial charge in [-0.05, 0) is 62.7 Å². The number of allylic oxidation sites excluding steroid dienone is 4. The highest BCUT2D eigenvalue weighted by Gasteiger charge is 2.42. The monoisotopic (exact) mass is 361 g/mol. The molecule has 0 bridgehead atoms. The number of phenols is 1. The molecule has 1 aliphatic carbocycles. The lowest BCUT2D eigenvalue weighted by Crippen LogP contribution is -2.52. The number of phenolic OH excluding ortho intramolecular Hbond substituents is 1. The highest BCUT2D eigenvalue weighted by molar-refractivity contribution is 9.10. The molecule has 2 aliphatic rings. The number of benzene rings is 1. The maximum Gasteiger partial charge on any atom is 0.178 e. The molecule has 5 heteroatoms. The Kier molecular flexibility index (Phi) is 3.49. The number of carbonyl (C=O) groups is 1. The molecule has 1 aromatic carbocycles. The first kappa shape index (κ1) is 14.5. The lowest BCUT2D eigenvalue weighted by molar-refractivity contribution is -0.110. The van der Waals surface area contributed by atoms with Crippen molar-refractivity contribution >= 4 is 46.4 Å². The van der Waals surface area contributed by atoms with Gasteiger partial charge < -0.3 is 5.11 Å². The maximum atomic E-state index is 11.8. The Morgan fingerprint density at radius 3 is 2.81 bits per heavy atom. The Hall–Kier alpha value is -1.46. The van der Waals surface area contributed by atoms with Gasteiger partial charge in [-0.1, -0.05) is 19.9 Å². The summed E-state index contributed by atoms with van der Waals surface area (Å²) in [6, 6.07) is 4.55. The summed E-state index contributed by atoms with van der Waals surface area (Å²) in [7, 11) is -2.09. The Morgan fingerprint density at radius 2 is 2.10 bits per heavy atom. The van der Waals surface area contributed by atoms with E-state index in [9.17, 15) is 9.90 Å². The van der Waals surface area contributed by atoms with Crippen molar-refractivity contribution in [2.75, 3.05) is 0 Å². The molecule has 1 atom stereocenters. The Balaban J connectivity index is 2.34. The van der Waals surface area contributed by atoms with E-state index in [4.69, 9.17) is 0 Å². The SMILES string of the molecule is CCC[Si]1(C)C2=CC(=O)C=CC2=Nc2ccc(O)c(Br)c21. The highest BCUT2D eigenvalue weighted by atomic mass is 79.9. The van der Waals surface area contributed by atoms with Gasteiger partial charge in [0.05, 0.1) is 15.9 Å². The van der Waals surface area contributed by atoms with Crippen molar-refractivity contribution in [3.8, 4) is 5.75 Å². The van der Waals surface area contributed by atoms with Gasteiger partial charge in [0.2, 0.25) is 0 Å². The summed E-state index contributed by atoms with van der Waals surface area (Å²) in [6.07, 6.45) is 6.17. The minimum Gasteiger partial charge on any atom is -0.507 e. The van der Waals surface area contributed by atoms with Crippen molar-refractivity contribution in [1.82, 2.24) is 0 Å². The van der Waals surface area contributed by atoms with Crippen LogP contribution >= 0.6 is 15.9 Å². The Labute approximate surface area is 133 Å². The molecule has 3 nitrogen and oxygen atoms in total. The average Bonchev–Trinajstić information content (AvgIpc) is 2.44. The van der Waals surface area contributed by atoms with Crippen molar-refractivity contribution in [3.63, 3.8) is 0 Å². The van der Waals surface area contributed by atoms with E-state index in [0.29, 0.717) is 0 Å². The van der Waals surface area contributed by atoms with Gasteiger partial charge >= 0.3 is 0 Å². The lowest BCUT2D eigenvalue weighted by atomic mass is 10.1. The minimum atomic E-state index is -2.09. The number of halogens is 1. The second-order valence-electron chi connectivity index (χ2n) is 5.67. The average molecular weight is 362 g/mol. The normalized spacial score (nSPS) is 23.3. The zero-order valence-corrected chi connectivity index (χ0v) is 14.6. The molecule has 1 unspecified atom stereocenters. The van der Waals surface area contributed by atoms with Gasteiger partial charge in [-0.2, -0.15) is 0 Å². The van der Waals surface area contributed by atoms with E-state index in [1.165, 1.54) is 0 Å². The van der Waals surface area contributed by atoms with Crippen LogP contribution in [0.3, 0.4) is 0 Å². The van der Waals surface area contributed by atoms with E-state index < -0.39 is 8.07 Å². The number of carbonyl (C=O) groups excluding carboxylic acids is 1. The number of nitrogens with zero attached hydrogens (tertiary/aromatic N) is 1. The number of aliphatic imine (C=N–C) groups is 1. The van der Waals surface area contributed by atoms with Gasteiger partial charge in [0, 0.05) is 0 Å². The van der Waals surface area contributed by atoms with E-state index >= 15 is 0 Å². The van der Waals surface area contributed by atoms with Crippen LogP contribution in [0.2, 0.25) is 12.6 Å². The molecule has 21 heavy (non-hydrogen) atoms. The third-order valence-electron chi connectivity index (χ3n) is 4.20. The van der Waals surface area contributed by atoms with Crippen molar-refractivity contribution in [3.05, 3.63) is 40.0 Å². The van der Waals surface area contributed by atoms with Crippen LogP contribution in [0.4, 0.5) is 5.69 Å². The largest absolute Gasteiger partial charge is 0.507 e. The molecule has 3 rings (SSSR count). The van der Waals surface area contributed by atoms with Crippen LogP contribution in [0.25, 0.3) is 0 Å². The standard InChI is InChI=1S/C16H16BrNO2Si/c1-3-8-21(2)14-9-10(19)4-5-11(14)18-12-6-7-13(20)15(17)16(12)21/h4-7,9,20H,3,8H2,1-2H3. The smallest absolute Gasteiger partial charge is 0.178 e. The Morgan fingerprint density at radius 1 is 1.33 bits per heavy atom. The van der Waals surface area contributed by atoms with Gasteiger partial charge in [-0.15, -0.1) is 0 Å². The van der Waals surface area contributed by atoms with Gasteiger partial charge in [0.15, 0.2) is 5.78 Å². The summed E-state index contributed by atoms with van der Waals surface area (Å²) in [5.74, 6) is 0.263. The number of aromatic hydroxyl groups is 1. The maximum absolute atomic E-state index is 11.8. The topological polar surface area (TPSA) is 49.7 Å². The highest BCUT2D eigenvalue weighted by Crippen LogP contribution is 2.38. The molecule has 1 N–H and O–H groups in total. The van der Waals surface area contributed by atoms with Crippen LogP contribution in [0, 0.1) is 0 Å². The van der Waals surface area contributed by atoms with Crippen LogP contribution in [0.1, 0.15) is 13.3 Å². The summed E-state index contributed by atoms with van der Waals surface area (Å²) in [4.78, 5) is 16.5. The van der Waals surface area contributed by atoms with Crippen molar-refractivity contribution in [1.29, 1.82) is 0 Å². The number of ketones is 1. The fourth-order valence-corrected chi connectivity index (χ4v) is 9.17. The van der Waals surface area contributed by atoms with Crippen LogP contribution in [-0.4, -0.2) is 24.7 Å². The third-order valence-corrected chi connectivity index (χ3v) is 10.1. The molecule has 1 aromatic rings. The third kappa shape index (κ3) is 2.15. The molecule has 0 saturated carbocycles. The second kappa shape index (κ2) is 5.07. The molecule has 1 heterocycles. The summed E-state index contributed by atoms with van der Waals surface area (Å²) in [5, 5.41) is 12.2. The zero-order valence-electron chi connectivity index (χ0n) is 12.0. The van der Waals surface area contributed by atoms with Gasteiger partial charge in [-0.25, -0.2) is 4.99 Å².